The van der Waals surface area contributed by atoms with Gasteiger partial charge in [0.2, 0.25) is 11.9 Å². The van der Waals surface area contributed by atoms with E-state index < -0.39 is 0 Å². The lowest BCUT2D eigenvalue weighted by atomic mass is 9.93. The van der Waals surface area contributed by atoms with Gasteiger partial charge in [-0.15, -0.1) is 11.3 Å². The Bertz CT molecular complexity index is 2410. The van der Waals surface area contributed by atoms with Gasteiger partial charge >= 0.3 is 0 Å². The van der Waals surface area contributed by atoms with Gasteiger partial charge < -0.3 is 35.4 Å². The van der Waals surface area contributed by atoms with Crippen LogP contribution in [0.5, 0.6) is 11.5 Å². The summed E-state index contributed by atoms with van der Waals surface area (Å²) in [5, 5.41) is 20.8. The van der Waals surface area contributed by atoms with Crippen LogP contribution < -0.4 is 10.6 Å². The molecular weight excluding hydrogens is 793 g/mol. The maximum Gasteiger partial charge on any atom is 0.258 e. The Morgan fingerprint density at radius 2 is 1.66 bits per heavy atom. The Morgan fingerprint density at radius 1 is 0.885 bits per heavy atom. The molecule has 4 aliphatic heterocycles. The number of piperidine rings is 1. The normalized spacial score (nSPS) is 18.1. The molecule has 3 aromatic heterocycles. The zero-order chi connectivity index (χ0) is 42.2. The van der Waals surface area contributed by atoms with Gasteiger partial charge in [-0.1, -0.05) is 32.0 Å². The average Bonchev–Trinajstić information content (AvgIpc) is 3.87. The molecule has 2 amide bonds. The van der Waals surface area contributed by atoms with E-state index in [1.807, 2.05) is 13.8 Å². The number of phenolic OH excluding ortho intramolecular Hbond substituents is 2. The van der Waals surface area contributed by atoms with E-state index in [0.29, 0.717) is 62.3 Å². The molecule has 61 heavy (non-hydrogen) atoms. The van der Waals surface area contributed by atoms with Crippen molar-refractivity contribution in [2.45, 2.75) is 65.2 Å². The molecule has 0 aliphatic carbocycles. The number of rotatable bonds is 11. The van der Waals surface area contributed by atoms with Gasteiger partial charge in [-0.05, 0) is 78.6 Å². The topological polar surface area (TPSA) is 178 Å². The third-order valence-corrected chi connectivity index (χ3v) is 13.7. The highest BCUT2D eigenvalue weighted by atomic mass is 32.1. The summed E-state index contributed by atoms with van der Waals surface area (Å²) in [4.78, 5) is 57.1. The van der Waals surface area contributed by atoms with Crippen LogP contribution in [-0.2, 0) is 35.7 Å². The largest absolute Gasteiger partial charge is 0.508 e. The van der Waals surface area contributed by atoms with Crippen LogP contribution in [0.25, 0.3) is 21.6 Å². The minimum absolute atomic E-state index is 0.00492. The number of piperazine rings is 1. The Kier molecular flexibility index (Phi) is 11.8. The van der Waals surface area contributed by atoms with Crippen molar-refractivity contribution in [3.8, 4) is 22.9 Å². The van der Waals surface area contributed by atoms with Crippen LogP contribution in [0.15, 0.2) is 48.8 Å². The van der Waals surface area contributed by atoms with Crippen molar-refractivity contribution in [2.75, 3.05) is 76.2 Å². The van der Waals surface area contributed by atoms with Crippen LogP contribution in [-0.4, -0.2) is 127 Å². The van der Waals surface area contributed by atoms with E-state index in [1.165, 1.54) is 11.6 Å². The number of benzene rings is 2. The first-order valence-corrected chi connectivity index (χ1v) is 22.3. The molecule has 4 aliphatic rings. The quantitative estimate of drug-likeness (QED) is 0.158. The number of hydrogen-bond acceptors (Lipinski definition) is 14. The molecule has 320 valence electrons. The Morgan fingerprint density at radius 3 is 2.41 bits per heavy atom. The highest BCUT2D eigenvalue weighted by Gasteiger charge is 2.30. The minimum atomic E-state index is -0.230. The molecule has 5 aromatic rings. The summed E-state index contributed by atoms with van der Waals surface area (Å²) >= 11 is 1.70. The van der Waals surface area contributed by atoms with Gasteiger partial charge in [0.15, 0.2) is 11.6 Å². The summed E-state index contributed by atoms with van der Waals surface area (Å²) < 4.78 is 6.66. The van der Waals surface area contributed by atoms with Crippen molar-refractivity contribution >= 4 is 45.1 Å². The summed E-state index contributed by atoms with van der Waals surface area (Å²) in [5.41, 5.74) is 11.7. The van der Waals surface area contributed by atoms with E-state index in [2.05, 4.69) is 53.8 Å². The van der Waals surface area contributed by atoms with Gasteiger partial charge in [-0.2, -0.15) is 0 Å². The van der Waals surface area contributed by atoms with Crippen molar-refractivity contribution in [1.82, 2.24) is 39.5 Å². The number of carbonyl (C=O) groups excluding carboxylic acids is 2. The zero-order valence-corrected chi connectivity index (χ0v) is 35.7. The lowest BCUT2D eigenvalue weighted by Gasteiger charge is -2.36. The molecule has 2 aromatic carbocycles. The van der Waals surface area contributed by atoms with E-state index in [1.54, 1.807) is 34.7 Å². The number of ether oxygens (including phenoxy) is 1. The molecular formula is C45H54N10O5S. The first-order valence-electron chi connectivity index (χ1n) is 21.4. The number of nitrogens with two attached hydrogens (primary N) is 1. The second-order valence-electron chi connectivity index (χ2n) is 17.2. The molecule has 0 unspecified atom stereocenters. The van der Waals surface area contributed by atoms with Gasteiger partial charge in [0.25, 0.3) is 5.91 Å². The molecule has 0 saturated carbocycles. The first-order chi connectivity index (χ1) is 29.5. The number of anilines is 2. The highest BCUT2D eigenvalue weighted by molar-refractivity contribution is 7.19. The second-order valence-corrected chi connectivity index (χ2v) is 18.3. The summed E-state index contributed by atoms with van der Waals surface area (Å²) in [6, 6.07) is 11.6. The second kappa shape index (κ2) is 17.5. The predicted octanol–water partition coefficient (Wildman–Crippen LogP) is 5.20. The lowest BCUT2D eigenvalue weighted by Crippen LogP contribution is -2.50. The molecule has 7 heterocycles. The van der Waals surface area contributed by atoms with E-state index >= 15 is 0 Å². The van der Waals surface area contributed by atoms with Crippen LogP contribution >= 0.6 is 11.3 Å². The van der Waals surface area contributed by atoms with Gasteiger partial charge in [0, 0.05) is 82.2 Å². The van der Waals surface area contributed by atoms with Crippen LogP contribution in [0, 0.1) is 5.92 Å². The number of fused-ring (bicyclic) bond motifs is 2. The smallest absolute Gasteiger partial charge is 0.258 e. The fourth-order valence-corrected chi connectivity index (χ4v) is 10.2. The van der Waals surface area contributed by atoms with E-state index in [-0.39, 0.29) is 40.7 Å². The fourth-order valence-electron chi connectivity index (χ4n) is 9.08. The maximum absolute atomic E-state index is 13.5. The maximum atomic E-state index is 13.5. The molecule has 15 nitrogen and oxygen atoms in total. The number of nitrogen functional groups attached to an aromatic ring is 1. The molecule has 3 fully saturated rings. The molecule has 3 saturated heterocycles. The number of phenols is 2. The average molecular weight is 847 g/mol. The summed E-state index contributed by atoms with van der Waals surface area (Å²) in [5.74, 6) is 2.05. The molecule has 0 radical (unpaired) electrons. The van der Waals surface area contributed by atoms with E-state index in [0.717, 1.165) is 104 Å². The van der Waals surface area contributed by atoms with Crippen LogP contribution in [0.4, 0.5) is 11.8 Å². The van der Waals surface area contributed by atoms with E-state index in [9.17, 15) is 19.8 Å². The SMILES string of the molecule is CC(C)c1cc(C(=O)N2Cc3ccc(CN4CCC(CCN5CCN(Cc6cc7nc(-c8cnc(N)nc8)nc(N8CCOCC8)c7s6)CC5=O)CC4)cc3C2)c(O)cc1O. The number of thiophene rings is 1. The number of amides is 2. The van der Waals surface area contributed by atoms with Gasteiger partial charge in [0.1, 0.15) is 11.5 Å². The third-order valence-electron chi connectivity index (χ3n) is 12.6. The number of likely N-dealkylation sites (tertiary alicyclic amines) is 1. The molecule has 0 spiro atoms. The van der Waals surface area contributed by atoms with Gasteiger partial charge in [-0.25, -0.2) is 19.9 Å². The van der Waals surface area contributed by atoms with Crippen LogP contribution in [0.3, 0.4) is 0 Å². The Labute approximate surface area is 359 Å². The Balaban J connectivity index is 0.744. The van der Waals surface area contributed by atoms with E-state index in [4.69, 9.17) is 20.4 Å². The number of nitrogens with zero attached hydrogens (tertiary/aromatic N) is 9. The lowest BCUT2D eigenvalue weighted by molar-refractivity contribution is -0.136. The van der Waals surface area contributed by atoms with Crippen LogP contribution in [0.1, 0.15) is 76.5 Å². The number of carbonyl (C=O) groups is 2. The molecule has 9 rings (SSSR count). The first kappa shape index (κ1) is 41.0. The number of aromatic nitrogens is 4. The molecule has 16 heteroatoms. The summed E-state index contributed by atoms with van der Waals surface area (Å²) in [6.07, 6.45) is 6.57. The molecule has 0 bridgehead atoms. The van der Waals surface area contributed by atoms with Crippen molar-refractivity contribution in [3.63, 3.8) is 0 Å². The minimum Gasteiger partial charge on any atom is -0.508 e. The van der Waals surface area contributed by atoms with Crippen molar-refractivity contribution in [3.05, 3.63) is 81.5 Å². The summed E-state index contributed by atoms with van der Waals surface area (Å²) in [6.45, 7) is 14.1. The Hall–Kier alpha value is -5.42. The number of hydrogen-bond donors (Lipinski definition) is 3. The third kappa shape index (κ3) is 8.99. The number of aromatic hydroxyl groups is 2. The van der Waals surface area contributed by atoms with Gasteiger partial charge in [-0.3, -0.25) is 19.4 Å². The number of morpholine rings is 1. The zero-order valence-electron chi connectivity index (χ0n) is 34.9. The van der Waals surface area contributed by atoms with Gasteiger partial charge in [0.05, 0.1) is 41.1 Å². The molecule has 0 atom stereocenters. The van der Waals surface area contributed by atoms with Crippen molar-refractivity contribution in [2.24, 2.45) is 5.92 Å². The summed E-state index contributed by atoms with van der Waals surface area (Å²) in [7, 11) is 0. The standard InChI is InChI=1S/C45H54N10O5S/c1-28(2)35-19-36(39(57)20-38(35)56)44(59)55-24-31-4-3-30(17-32(31)25-55)23-51-8-5-29(6-9-51)7-10-53-12-11-52(27-40(53)58)26-34-18-37-41(61-34)43(54-13-15-60-16-14-54)50-42(49-37)33-21-47-45(46)48-22-33/h3-4,17-22,28-29,56-57H,5-16,23-27H2,1-2H3,(H2,46,47,48). The highest BCUT2D eigenvalue weighted by Crippen LogP contribution is 2.37. The van der Waals surface area contributed by atoms with Crippen LogP contribution in [0.2, 0.25) is 0 Å². The van der Waals surface area contributed by atoms with Crippen molar-refractivity contribution < 1.29 is 24.5 Å². The molecule has 4 N–H and O–H groups in total. The fraction of sp³-hybridized carbons (Fsp3) is 0.467. The van der Waals surface area contributed by atoms with Crippen molar-refractivity contribution in [1.29, 1.82) is 0 Å². The predicted molar refractivity (Wildman–Crippen MR) is 234 cm³/mol. The monoisotopic (exact) mass is 846 g/mol.